The number of aromatic carboxylic acids is 1. The van der Waals surface area contributed by atoms with Crippen LogP contribution in [-0.4, -0.2) is 48.5 Å². The van der Waals surface area contributed by atoms with Gasteiger partial charge in [-0.1, -0.05) is 32.0 Å². The lowest BCUT2D eigenvalue weighted by molar-refractivity contribution is -0.108. The highest BCUT2D eigenvalue weighted by Crippen LogP contribution is 2.25. The molecule has 1 aliphatic heterocycles. The minimum Gasteiger partial charge on any atom is -0.497 e. The van der Waals surface area contributed by atoms with Crippen molar-refractivity contribution in [3.63, 3.8) is 0 Å². The number of carbonyl (C=O) groups is 4. The molecule has 0 bridgehead atoms. The highest BCUT2D eigenvalue weighted by atomic mass is 16.5. The molecule has 0 fully saturated rings. The van der Waals surface area contributed by atoms with E-state index in [0.717, 1.165) is 22.4 Å². The van der Waals surface area contributed by atoms with E-state index in [1.807, 2.05) is 31.3 Å². The standard InChI is InChI=1S/C11H12N2O4.C10H11NO2.C2H6/c1-7(13-11(17)12-6-14)8-2-4-9(5-3-8)10(15)16;1-11-6-7-3-4-8(13-2)5-9(7)10(11)12;1-2/h2-7H,1H3,(H,15,16)(H2,12,13,14,17);3-5H,6H2,1-2H3;1-2H3. The SMILES string of the molecule is CC.CC(NC(=O)NC=O)c1ccc(C(=O)O)cc1.COc1ccc2c(c1)C(=O)N(C)C2. The van der Waals surface area contributed by atoms with E-state index in [2.05, 4.69) is 5.32 Å². The number of hydrogen-bond donors (Lipinski definition) is 3. The van der Waals surface area contributed by atoms with Gasteiger partial charge in [0.25, 0.3) is 5.91 Å². The van der Waals surface area contributed by atoms with E-state index in [0.29, 0.717) is 6.54 Å². The van der Waals surface area contributed by atoms with Crippen LogP contribution in [0.15, 0.2) is 42.5 Å². The van der Waals surface area contributed by atoms with Gasteiger partial charge in [-0.25, -0.2) is 9.59 Å². The summed E-state index contributed by atoms with van der Waals surface area (Å²) in [5.41, 5.74) is 2.77. The lowest BCUT2D eigenvalue weighted by Gasteiger charge is -2.13. The van der Waals surface area contributed by atoms with E-state index in [1.54, 1.807) is 44.2 Å². The first-order valence-corrected chi connectivity index (χ1v) is 10.0. The molecule has 0 aromatic heterocycles. The summed E-state index contributed by atoms with van der Waals surface area (Å²) in [5.74, 6) is -0.188. The van der Waals surface area contributed by atoms with E-state index in [4.69, 9.17) is 9.84 Å². The number of amides is 4. The smallest absolute Gasteiger partial charge is 0.335 e. The van der Waals surface area contributed by atoms with Crippen molar-refractivity contribution in [3.8, 4) is 5.75 Å². The molecule has 2 aromatic carbocycles. The van der Waals surface area contributed by atoms with Gasteiger partial charge in [0, 0.05) is 19.2 Å². The summed E-state index contributed by atoms with van der Waals surface area (Å²) in [6.07, 6.45) is 0.287. The van der Waals surface area contributed by atoms with Gasteiger partial charge >= 0.3 is 12.0 Å². The van der Waals surface area contributed by atoms with Gasteiger partial charge in [-0.3, -0.25) is 14.9 Å². The third-order valence-electron chi connectivity index (χ3n) is 4.50. The number of nitrogens with one attached hydrogen (secondary N) is 2. The van der Waals surface area contributed by atoms with Crippen molar-refractivity contribution < 1.29 is 29.0 Å². The molecule has 0 radical (unpaired) electrons. The number of carboxylic acids is 1. The predicted octanol–water partition coefficient (Wildman–Crippen LogP) is 3.21. The number of hydrogen-bond acceptors (Lipinski definition) is 5. The molecule has 9 heteroatoms. The largest absolute Gasteiger partial charge is 0.497 e. The van der Waals surface area contributed by atoms with Crippen molar-refractivity contribution in [1.29, 1.82) is 0 Å². The van der Waals surface area contributed by atoms with Crippen LogP contribution in [0.4, 0.5) is 4.79 Å². The van der Waals surface area contributed by atoms with Crippen LogP contribution in [0.3, 0.4) is 0 Å². The van der Waals surface area contributed by atoms with Crippen LogP contribution in [0.1, 0.15) is 58.7 Å². The maximum Gasteiger partial charge on any atom is 0.335 e. The van der Waals surface area contributed by atoms with Crippen molar-refractivity contribution in [1.82, 2.24) is 15.5 Å². The molecule has 3 N–H and O–H groups in total. The Morgan fingerprint density at radius 2 is 1.78 bits per heavy atom. The molecule has 0 saturated carbocycles. The molecular weight excluding hydrogens is 414 g/mol. The number of carbonyl (C=O) groups excluding carboxylic acids is 3. The van der Waals surface area contributed by atoms with Gasteiger partial charge in [0.15, 0.2) is 0 Å². The molecule has 32 heavy (non-hydrogen) atoms. The van der Waals surface area contributed by atoms with Crippen molar-refractivity contribution >= 4 is 24.3 Å². The van der Waals surface area contributed by atoms with Gasteiger partial charge in [0.05, 0.1) is 18.7 Å². The Hall–Kier alpha value is -3.88. The first kappa shape index (κ1) is 26.2. The van der Waals surface area contributed by atoms with Crippen LogP contribution in [0, 0.1) is 0 Å². The van der Waals surface area contributed by atoms with E-state index >= 15 is 0 Å². The molecule has 0 saturated heterocycles. The minimum absolute atomic E-state index is 0.0777. The number of fused-ring (bicyclic) bond motifs is 1. The van der Waals surface area contributed by atoms with Gasteiger partial charge in [-0.2, -0.15) is 0 Å². The Labute approximate surface area is 187 Å². The maximum absolute atomic E-state index is 11.5. The minimum atomic E-state index is -1.00. The molecule has 3 rings (SSSR count). The lowest BCUT2D eigenvalue weighted by atomic mass is 10.1. The predicted molar refractivity (Wildman–Crippen MR) is 120 cm³/mol. The molecule has 1 heterocycles. The van der Waals surface area contributed by atoms with E-state index in [1.165, 1.54) is 12.1 Å². The summed E-state index contributed by atoms with van der Waals surface area (Å²) in [6.45, 7) is 6.43. The summed E-state index contributed by atoms with van der Waals surface area (Å²) in [7, 11) is 3.40. The summed E-state index contributed by atoms with van der Waals surface area (Å²) < 4.78 is 5.05. The fourth-order valence-electron chi connectivity index (χ4n) is 2.84. The zero-order valence-electron chi connectivity index (χ0n) is 18.8. The van der Waals surface area contributed by atoms with Crippen LogP contribution in [-0.2, 0) is 11.3 Å². The Morgan fingerprint density at radius 3 is 2.31 bits per heavy atom. The van der Waals surface area contributed by atoms with Crippen LogP contribution in [0.2, 0.25) is 0 Å². The van der Waals surface area contributed by atoms with Crippen molar-refractivity contribution in [2.45, 2.75) is 33.4 Å². The first-order valence-electron chi connectivity index (χ1n) is 10.0. The fraction of sp³-hybridized carbons (Fsp3) is 0.304. The number of methoxy groups -OCH3 is 1. The zero-order valence-corrected chi connectivity index (χ0v) is 18.8. The van der Waals surface area contributed by atoms with E-state index < -0.39 is 12.0 Å². The molecule has 4 amide bonds. The Morgan fingerprint density at radius 1 is 1.16 bits per heavy atom. The quantitative estimate of drug-likeness (QED) is 0.610. The fourth-order valence-corrected chi connectivity index (χ4v) is 2.84. The topological polar surface area (TPSA) is 125 Å². The van der Waals surface area contributed by atoms with Crippen LogP contribution < -0.4 is 15.4 Å². The van der Waals surface area contributed by atoms with Crippen LogP contribution >= 0.6 is 0 Å². The van der Waals surface area contributed by atoms with Gasteiger partial charge in [-0.15, -0.1) is 0 Å². The molecule has 2 aromatic rings. The average molecular weight is 444 g/mol. The molecular formula is C23H29N3O6. The second kappa shape index (κ2) is 12.7. The number of nitrogens with zero attached hydrogens (tertiary/aromatic N) is 1. The third-order valence-corrected chi connectivity index (χ3v) is 4.50. The monoisotopic (exact) mass is 443 g/mol. The normalized spacial score (nSPS) is 12.2. The first-order chi connectivity index (χ1) is 15.3. The van der Waals surface area contributed by atoms with Crippen molar-refractivity contribution in [2.24, 2.45) is 0 Å². The molecule has 0 aliphatic carbocycles. The highest BCUT2D eigenvalue weighted by molar-refractivity contribution is 5.98. The van der Waals surface area contributed by atoms with E-state index in [-0.39, 0.29) is 23.9 Å². The van der Waals surface area contributed by atoms with Crippen LogP contribution in [0.25, 0.3) is 0 Å². The van der Waals surface area contributed by atoms with Crippen LogP contribution in [0.5, 0.6) is 5.75 Å². The summed E-state index contributed by atoms with van der Waals surface area (Å²) in [5, 5.41) is 13.2. The lowest BCUT2D eigenvalue weighted by Crippen LogP contribution is -2.36. The Balaban J connectivity index is 0.000000305. The van der Waals surface area contributed by atoms with Crippen molar-refractivity contribution in [3.05, 3.63) is 64.7 Å². The third kappa shape index (κ3) is 7.12. The second-order valence-electron chi connectivity index (χ2n) is 6.57. The Kier molecular flexibility index (Phi) is 10.4. The number of rotatable bonds is 5. The van der Waals surface area contributed by atoms with Crippen molar-refractivity contribution in [2.75, 3.05) is 14.2 Å². The van der Waals surface area contributed by atoms with Gasteiger partial charge < -0.3 is 20.1 Å². The van der Waals surface area contributed by atoms with Gasteiger partial charge in [0.1, 0.15) is 5.75 Å². The number of imide groups is 1. The molecule has 1 atom stereocenters. The number of benzene rings is 2. The van der Waals surface area contributed by atoms with E-state index in [9.17, 15) is 19.2 Å². The Bertz CT molecular complexity index is 943. The maximum atomic E-state index is 11.5. The van der Waals surface area contributed by atoms with Gasteiger partial charge in [-0.05, 0) is 42.3 Å². The number of ether oxygens (including phenoxy) is 1. The molecule has 1 unspecified atom stereocenters. The number of urea groups is 1. The highest BCUT2D eigenvalue weighted by Gasteiger charge is 2.24. The zero-order chi connectivity index (χ0) is 24.3. The summed E-state index contributed by atoms with van der Waals surface area (Å²) in [6, 6.07) is 10.8. The molecule has 9 nitrogen and oxygen atoms in total. The summed E-state index contributed by atoms with van der Waals surface area (Å²) >= 11 is 0. The molecule has 1 aliphatic rings. The second-order valence-corrected chi connectivity index (χ2v) is 6.57. The summed E-state index contributed by atoms with van der Waals surface area (Å²) in [4.78, 5) is 44.9. The average Bonchev–Trinajstić information content (AvgIpc) is 3.08. The van der Waals surface area contributed by atoms with Gasteiger partial charge in [0.2, 0.25) is 6.41 Å². The molecule has 172 valence electrons. The molecule has 0 spiro atoms. The number of carboxylic acid groups (broad SMARTS) is 1.